The first kappa shape index (κ1) is 23.2. The summed E-state index contributed by atoms with van der Waals surface area (Å²) in [4.78, 5) is 17.1. The highest BCUT2D eigenvalue weighted by atomic mass is 32.2. The van der Waals surface area contributed by atoms with Crippen LogP contribution in [0, 0.1) is 6.92 Å². The van der Waals surface area contributed by atoms with Crippen LogP contribution in [0.2, 0.25) is 0 Å². The second-order valence-corrected chi connectivity index (χ2v) is 9.48. The van der Waals surface area contributed by atoms with Crippen molar-refractivity contribution in [2.45, 2.75) is 17.9 Å². The van der Waals surface area contributed by atoms with E-state index in [1.807, 2.05) is 55.1 Å². The molecule has 1 saturated heterocycles. The molecule has 8 nitrogen and oxygen atoms in total. The largest absolute Gasteiger partial charge is 0.378 e. The van der Waals surface area contributed by atoms with E-state index in [-0.39, 0.29) is 22.4 Å². The van der Waals surface area contributed by atoms with E-state index < -0.39 is 10.0 Å². The van der Waals surface area contributed by atoms with Crippen LogP contribution in [0.4, 0.5) is 5.69 Å². The van der Waals surface area contributed by atoms with Gasteiger partial charge in [-0.3, -0.25) is 4.79 Å². The molecule has 168 valence electrons. The molecule has 1 heterocycles. The minimum absolute atomic E-state index is 0.0298. The molecule has 0 saturated carbocycles. The second-order valence-electron chi connectivity index (χ2n) is 7.92. The maximum Gasteiger partial charge on any atom is 0.253 e. The third kappa shape index (κ3) is 5.82. The van der Waals surface area contributed by atoms with Crippen molar-refractivity contribution in [2.75, 3.05) is 51.8 Å². The van der Waals surface area contributed by atoms with Crippen LogP contribution in [0.15, 0.2) is 47.4 Å². The lowest BCUT2D eigenvalue weighted by Gasteiger charge is -2.31. The fourth-order valence-corrected chi connectivity index (χ4v) is 4.17. The summed E-state index contributed by atoms with van der Waals surface area (Å²) in [6, 6.07) is 12.6. The Balaban J connectivity index is 1.86. The van der Waals surface area contributed by atoms with Gasteiger partial charge in [0.1, 0.15) is 0 Å². The number of carbonyl (C=O) groups excluding carboxylic acids is 1. The number of rotatable bonds is 7. The van der Waals surface area contributed by atoms with Crippen molar-refractivity contribution in [1.82, 2.24) is 10.2 Å². The Bertz CT molecular complexity index is 1020. The average Bonchev–Trinajstić information content (AvgIpc) is 2.74. The predicted molar refractivity (Wildman–Crippen MR) is 121 cm³/mol. The van der Waals surface area contributed by atoms with Crippen LogP contribution in [0.25, 0.3) is 0 Å². The van der Waals surface area contributed by atoms with E-state index in [9.17, 15) is 13.2 Å². The normalized spacial score (nSPS) is 15.7. The van der Waals surface area contributed by atoms with Gasteiger partial charge in [0.05, 0.1) is 29.7 Å². The second kappa shape index (κ2) is 9.78. The van der Waals surface area contributed by atoms with Crippen LogP contribution in [-0.2, 0) is 14.8 Å². The zero-order chi connectivity index (χ0) is 22.6. The van der Waals surface area contributed by atoms with Gasteiger partial charge in [0.15, 0.2) is 0 Å². The predicted octanol–water partition coefficient (Wildman–Crippen LogP) is 1.51. The van der Waals surface area contributed by atoms with Crippen LogP contribution in [0.1, 0.15) is 27.5 Å². The topological polar surface area (TPSA) is 105 Å². The van der Waals surface area contributed by atoms with Gasteiger partial charge in [-0.1, -0.05) is 29.8 Å². The first-order valence-corrected chi connectivity index (χ1v) is 11.7. The molecule has 0 radical (unpaired) electrons. The molecule has 0 aromatic heterocycles. The number of hydrogen-bond donors (Lipinski definition) is 2. The standard InChI is InChI=1S/C22H30N4O4S/c1-16-4-6-17(7-5-16)21(25(2)3)15-24-22(27)19-14-18(31(23,28)29)8-9-20(19)26-10-12-30-13-11-26/h4-9,14,21H,10-13,15H2,1-3H3,(H,24,27)(H2,23,28,29). The molecule has 1 atom stereocenters. The number of nitrogens with one attached hydrogen (secondary N) is 1. The number of nitrogens with two attached hydrogens (primary N) is 1. The summed E-state index contributed by atoms with van der Waals surface area (Å²) in [7, 11) is -0.0179. The number of anilines is 1. The summed E-state index contributed by atoms with van der Waals surface area (Å²) >= 11 is 0. The molecule has 2 aromatic rings. The number of likely N-dealkylation sites (N-methyl/N-ethyl adjacent to an activating group) is 1. The molecule has 3 N–H and O–H groups in total. The molecule has 9 heteroatoms. The van der Waals surface area contributed by atoms with E-state index in [4.69, 9.17) is 9.88 Å². The van der Waals surface area contributed by atoms with Crippen molar-refractivity contribution in [3.05, 3.63) is 59.2 Å². The molecule has 1 amide bonds. The van der Waals surface area contributed by atoms with Crippen LogP contribution in [0.5, 0.6) is 0 Å². The molecule has 31 heavy (non-hydrogen) atoms. The first-order chi connectivity index (χ1) is 14.7. The highest BCUT2D eigenvalue weighted by Gasteiger charge is 2.23. The third-order valence-electron chi connectivity index (χ3n) is 5.43. The highest BCUT2D eigenvalue weighted by Crippen LogP contribution is 2.25. The van der Waals surface area contributed by atoms with E-state index in [1.165, 1.54) is 17.7 Å². The summed E-state index contributed by atoms with van der Waals surface area (Å²) in [6.45, 7) is 4.75. The van der Waals surface area contributed by atoms with Crippen molar-refractivity contribution in [2.24, 2.45) is 5.14 Å². The van der Waals surface area contributed by atoms with E-state index in [2.05, 4.69) is 5.32 Å². The van der Waals surface area contributed by atoms with Gasteiger partial charge < -0.3 is 19.9 Å². The number of aryl methyl sites for hydroxylation is 1. The van der Waals surface area contributed by atoms with Crippen LogP contribution in [0.3, 0.4) is 0 Å². The summed E-state index contributed by atoms with van der Waals surface area (Å²) in [5.74, 6) is -0.342. The minimum Gasteiger partial charge on any atom is -0.378 e. The van der Waals surface area contributed by atoms with Gasteiger partial charge >= 0.3 is 0 Å². The quantitative estimate of drug-likeness (QED) is 0.668. The van der Waals surface area contributed by atoms with Crippen molar-refractivity contribution in [1.29, 1.82) is 0 Å². The third-order valence-corrected chi connectivity index (χ3v) is 6.35. The molecular weight excluding hydrogens is 416 g/mol. The van der Waals surface area contributed by atoms with Gasteiger partial charge in [-0.2, -0.15) is 0 Å². The Morgan fingerprint density at radius 2 is 1.81 bits per heavy atom. The number of benzene rings is 2. The molecule has 2 aromatic carbocycles. The number of primary sulfonamides is 1. The lowest BCUT2D eigenvalue weighted by molar-refractivity contribution is 0.0940. The lowest BCUT2D eigenvalue weighted by atomic mass is 10.0. The van der Waals surface area contributed by atoms with Crippen molar-refractivity contribution in [3.8, 4) is 0 Å². The Labute approximate surface area is 184 Å². The Hall–Kier alpha value is -2.46. The summed E-state index contributed by atoms with van der Waals surface area (Å²) < 4.78 is 29.1. The van der Waals surface area contributed by atoms with E-state index in [0.717, 1.165) is 5.56 Å². The number of ether oxygens (including phenoxy) is 1. The smallest absolute Gasteiger partial charge is 0.253 e. The molecule has 1 aliphatic rings. The number of morpholine rings is 1. The number of hydrogen-bond acceptors (Lipinski definition) is 6. The van der Waals surface area contributed by atoms with Gasteiger partial charge in [0, 0.05) is 25.3 Å². The van der Waals surface area contributed by atoms with E-state index in [0.29, 0.717) is 38.5 Å². The van der Waals surface area contributed by atoms with Gasteiger partial charge in [0.2, 0.25) is 10.0 Å². The van der Waals surface area contributed by atoms with Gasteiger partial charge in [-0.05, 0) is 44.8 Å². The van der Waals surface area contributed by atoms with E-state index >= 15 is 0 Å². The highest BCUT2D eigenvalue weighted by molar-refractivity contribution is 7.89. The molecule has 0 spiro atoms. The average molecular weight is 447 g/mol. The fourth-order valence-electron chi connectivity index (χ4n) is 3.63. The van der Waals surface area contributed by atoms with Crippen molar-refractivity contribution < 1.29 is 17.9 Å². The molecule has 3 rings (SSSR count). The lowest BCUT2D eigenvalue weighted by Crippen LogP contribution is -2.39. The zero-order valence-electron chi connectivity index (χ0n) is 18.2. The number of nitrogens with zero attached hydrogens (tertiary/aromatic N) is 2. The molecule has 1 fully saturated rings. The molecule has 1 unspecified atom stereocenters. The fraction of sp³-hybridized carbons (Fsp3) is 0.409. The van der Waals surface area contributed by atoms with Crippen LogP contribution >= 0.6 is 0 Å². The monoisotopic (exact) mass is 446 g/mol. The summed E-state index contributed by atoms with van der Waals surface area (Å²) in [6.07, 6.45) is 0. The maximum atomic E-state index is 13.2. The van der Waals surface area contributed by atoms with E-state index in [1.54, 1.807) is 6.07 Å². The van der Waals surface area contributed by atoms with Crippen molar-refractivity contribution >= 4 is 21.6 Å². The SMILES string of the molecule is Cc1ccc(C(CNC(=O)c2cc(S(N)(=O)=O)ccc2N2CCOCC2)N(C)C)cc1. The molecule has 0 aliphatic carbocycles. The van der Waals surface area contributed by atoms with Crippen LogP contribution in [-0.4, -0.2) is 66.2 Å². The summed E-state index contributed by atoms with van der Waals surface area (Å²) in [5.41, 5.74) is 3.21. The molecule has 0 bridgehead atoms. The van der Waals surface area contributed by atoms with Gasteiger partial charge in [-0.15, -0.1) is 0 Å². The Morgan fingerprint density at radius 3 is 2.39 bits per heavy atom. The molecular formula is C22H30N4O4S. The summed E-state index contributed by atoms with van der Waals surface area (Å²) in [5, 5.41) is 8.28. The Morgan fingerprint density at radius 1 is 1.16 bits per heavy atom. The van der Waals surface area contributed by atoms with Crippen LogP contribution < -0.4 is 15.4 Å². The zero-order valence-corrected chi connectivity index (χ0v) is 19.0. The number of amides is 1. The minimum atomic E-state index is -3.93. The number of sulfonamides is 1. The molecule has 1 aliphatic heterocycles. The Kier molecular flexibility index (Phi) is 7.32. The maximum absolute atomic E-state index is 13.2. The van der Waals surface area contributed by atoms with Gasteiger partial charge in [0.25, 0.3) is 5.91 Å². The number of carbonyl (C=O) groups is 1. The first-order valence-electron chi connectivity index (χ1n) is 10.2. The van der Waals surface area contributed by atoms with Gasteiger partial charge in [-0.25, -0.2) is 13.6 Å². The van der Waals surface area contributed by atoms with Crippen molar-refractivity contribution in [3.63, 3.8) is 0 Å².